The molecular formula is C18H20N2O3. The Bertz CT molecular complexity index is 627. The van der Waals surface area contributed by atoms with Gasteiger partial charge >= 0.3 is 5.97 Å². The van der Waals surface area contributed by atoms with Crippen LogP contribution in [-0.4, -0.2) is 25.0 Å². The van der Waals surface area contributed by atoms with Crippen molar-refractivity contribution in [3.63, 3.8) is 0 Å². The molecule has 120 valence electrons. The summed E-state index contributed by atoms with van der Waals surface area (Å²) in [5.74, 6) is -0.872. The Balaban J connectivity index is 1.68. The Kier molecular flexibility index (Phi) is 6.37. The fourth-order valence-corrected chi connectivity index (χ4v) is 2.44. The number of carbonyl (C=O) groups excluding carboxylic acids is 2. The van der Waals surface area contributed by atoms with Crippen molar-refractivity contribution in [2.45, 2.75) is 32.1 Å². The largest absolute Gasteiger partial charge is 0.452 e. The van der Waals surface area contributed by atoms with E-state index in [9.17, 15) is 9.59 Å². The van der Waals surface area contributed by atoms with E-state index in [1.807, 2.05) is 6.07 Å². The molecule has 0 aromatic heterocycles. The van der Waals surface area contributed by atoms with E-state index in [1.54, 1.807) is 0 Å². The second-order valence-corrected chi connectivity index (χ2v) is 5.47. The first-order valence-corrected chi connectivity index (χ1v) is 7.81. The van der Waals surface area contributed by atoms with E-state index >= 15 is 0 Å². The average molecular weight is 312 g/mol. The minimum absolute atomic E-state index is 0.294. The number of amides is 1. The summed E-state index contributed by atoms with van der Waals surface area (Å²) in [6.45, 7) is 0.275. The Labute approximate surface area is 135 Å². The first-order valence-electron chi connectivity index (χ1n) is 7.81. The molecule has 5 heteroatoms. The van der Waals surface area contributed by atoms with Crippen molar-refractivity contribution in [2.24, 2.45) is 0 Å². The number of hydrogen-bond donors (Lipinski definition) is 1. The first kappa shape index (κ1) is 16.8. The molecule has 1 aliphatic rings. The van der Waals surface area contributed by atoms with Gasteiger partial charge in [-0.25, -0.2) is 4.79 Å². The lowest BCUT2D eigenvalue weighted by atomic mass is 9.97. The van der Waals surface area contributed by atoms with Crippen LogP contribution in [0.15, 0.2) is 35.9 Å². The maximum Gasteiger partial charge on any atom is 0.338 e. The summed E-state index contributed by atoms with van der Waals surface area (Å²) in [5, 5.41) is 11.5. The molecule has 23 heavy (non-hydrogen) atoms. The molecule has 0 saturated heterocycles. The van der Waals surface area contributed by atoms with E-state index < -0.39 is 5.97 Å². The van der Waals surface area contributed by atoms with Crippen molar-refractivity contribution in [1.82, 2.24) is 5.32 Å². The Morgan fingerprint density at radius 2 is 2.00 bits per heavy atom. The molecule has 0 bridgehead atoms. The average Bonchev–Trinajstić information content (AvgIpc) is 2.60. The highest BCUT2D eigenvalue weighted by molar-refractivity contribution is 5.91. The third-order valence-electron chi connectivity index (χ3n) is 3.74. The highest BCUT2D eigenvalue weighted by Crippen LogP contribution is 2.19. The number of allylic oxidation sites excluding steroid dienone is 1. The summed E-state index contributed by atoms with van der Waals surface area (Å²) in [5.41, 5.74) is 2.19. The quantitative estimate of drug-likeness (QED) is 0.647. The van der Waals surface area contributed by atoms with E-state index in [1.165, 1.54) is 42.7 Å². The number of nitrogens with zero attached hydrogens (tertiary/aromatic N) is 1. The van der Waals surface area contributed by atoms with Crippen molar-refractivity contribution < 1.29 is 14.3 Å². The van der Waals surface area contributed by atoms with Crippen LogP contribution in [0.1, 0.15) is 48.0 Å². The molecule has 0 aliphatic heterocycles. The fraction of sp³-hybridized carbons (Fsp3) is 0.389. The second kappa shape index (κ2) is 8.74. The van der Waals surface area contributed by atoms with Gasteiger partial charge in [0.25, 0.3) is 5.91 Å². The fourth-order valence-electron chi connectivity index (χ4n) is 2.44. The highest BCUT2D eigenvalue weighted by Gasteiger charge is 2.10. The van der Waals surface area contributed by atoms with Crippen LogP contribution >= 0.6 is 0 Å². The summed E-state index contributed by atoms with van der Waals surface area (Å²) in [4.78, 5) is 23.4. The number of nitriles is 1. The zero-order valence-electron chi connectivity index (χ0n) is 13.0. The van der Waals surface area contributed by atoms with Crippen molar-refractivity contribution >= 4 is 11.9 Å². The van der Waals surface area contributed by atoms with Crippen molar-refractivity contribution in [2.75, 3.05) is 13.2 Å². The first-order chi connectivity index (χ1) is 11.2. The Hall–Kier alpha value is -2.61. The zero-order valence-corrected chi connectivity index (χ0v) is 13.0. The molecule has 1 aromatic carbocycles. The number of benzene rings is 1. The van der Waals surface area contributed by atoms with Gasteiger partial charge in [0.2, 0.25) is 0 Å². The van der Waals surface area contributed by atoms with Crippen LogP contribution in [0.25, 0.3) is 0 Å². The van der Waals surface area contributed by atoms with E-state index in [2.05, 4.69) is 11.4 Å². The summed E-state index contributed by atoms with van der Waals surface area (Å²) >= 11 is 0. The van der Waals surface area contributed by atoms with Gasteiger partial charge in [-0.2, -0.15) is 5.26 Å². The Morgan fingerprint density at radius 1 is 1.22 bits per heavy atom. The monoisotopic (exact) mass is 312 g/mol. The Morgan fingerprint density at radius 3 is 2.65 bits per heavy atom. The number of carbonyl (C=O) groups is 2. The van der Waals surface area contributed by atoms with Crippen molar-refractivity contribution in [1.29, 1.82) is 5.26 Å². The van der Waals surface area contributed by atoms with Gasteiger partial charge < -0.3 is 10.1 Å². The SMILES string of the molecule is N#Cc1ccc(C(=O)OCC(=O)NCCC2=CCCCC2)cc1. The smallest absolute Gasteiger partial charge is 0.338 e. The summed E-state index contributed by atoms with van der Waals surface area (Å²) < 4.78 is 4.96. The molecular weight excluding hydrogens is 292 g/mol. The van der Waals surface area contributed by atoms with Crippen molar-refractivity contribution in [3.05, 3.63) is 47.0 Å². The van der Waals surface area contributed by atoms with E-state index in [0.29, 0.717) is 17.7 Å². The lowest BCUT2D eigenvalue weighted by molar-refractivity contribution is -0.124. The van der Waals surface area contributed by atoms with Crippen LogP contribution in [0.3, 0.4) is 0 Å². The highest BCUT2D eigenvalue weighted by atomic mass is 16.5. The molecule has 0 radical (unpaired) electrons. The lowest BCUT2D eigenvalue weighted by Gasteiger charge is -2.13. The van der Waals surface area contributed by atoms with Gasteiger partial charge in [0.1, 0.15) is 0 Å². The molecule has 0 spiro atoms. The molecule has 0 fully saturated rings. The van der Waals surface area contributed by atoms with Gasteiger partial charge in [0, 0.05) is 6.54 Å². The zero-order chi connectivity index (χ0) is 16.5. The molecule has 0 unspecified atom stereocenters. The van der Waals surface area contributed by atoms with Crippen LogP contribution in [0, 0.1) is 11.3 Å². The summed E-state index contributed by atoms with van der Waals surface area (Å²) in [6, 6.07) is 8.06. The molecule has 2 rings (SSSR count). The maximum absolute atomic E-state index is 11.8. The molecule has 5 nitrogen and oxygen atoms in total. The molecule has 0 saturated carbocycles. The van der Waals surface area contributed by atoms with Crippen LogP contribution in [0.5, 0.6) is 0 Å². The standard InChI is InChI=1S/C18H20N2O3/c19-12-15-6-8-16(9-7-15)18(22)23-13-17(21)20-11-10-14-4-2-1-3-5-14/h4,6-9H,1-3,5,10-11,13H2,(H,20,21). The minimum Gasteiger partial charge on any atom is -0.452 e. The number of esters is 1. The summed E-state index contributed by atoms with van der Waals surface area (Å²) in [7, 11) is 0. The van der Waals surface area contributed by atoms with Gasteiger partial charge in [-0.05, 0) is 56.4 Å². The molecule has 0 atom stereocenters. The molecule has 1 amide bonds. The van der Waals surface area contributed by atoms with Gasteiger partial charge in [0.15, 0.2) is 6.61 Å². The number of rotatable bonds is 6. The third-order valence-corrected chi connectivity index (χ3v) is 3.74. The number of ether oxygens (including phenoxy) is 1. The normalized spacial score (nSPS) is 13.6. The van der Waals surface area contributed by atoms with Gasteiger partial charge in [0.05, 0.1) is 17.2 Å². The molecule has 1 N–H and O–H groups in total. The predicted molar refractivity (Wildman–Crippen MR) is 85.6 cm³/mol. The lowest BCUT2D eigenvalue weighted by Crippen LogP contribution is -2.29. The molecule has 1 aromatic rings. The maximum atomic E-state index is 11.8. The van der Waals surface area contributed by atoms with Gasteiger partial charge in [-0.15, -0.1) is 0 Å². The van der Waals surface area contributed by atoms with Gasteiger partial charge in [-0.3, -0.25) is 4.79 Å². The second-order valence-electron chi connectivity index (χ2n) is 5.47. The number of nitrogens with one attached hydrogen (secondary N) is 1. The summed E-state index contributed by atoms with van der Waals surface area (Å²) in [6.07, 6.45) is 7.83. The van der Waals surface area contributed by atoms with Crippen LogP contribution in [-0.2, 0) is 9.53 Å². The topological polar surface area (TPSA) is 79.2 Å². The van der Waals surface area contributed by atoms with Crippen LogP contribution < -0.4 is 5.32 Å². The van der Waals surface area contributed by atoms with Crippen molar-refractivity contribution in [3.8, 4) is 6.07 Å². The minimum atomic E-state index is -0.570. The van der Waals surface area contributed by atoms with Crippen LogP contribution in [0.2, 0.25) is 0 Å². The van der Waals surface area contributed by atoms with E-state index in [-0.39, 0.29) is 12.5 Å². The van der Waals surface area contributed by atoms with Gasteiger partial charge in [-0.1, -0.05) is 11.6 Å². The molecule has 1 aliphatic carbocycles. The number of hydrogen-bond acceptors (Lipinski definition) is 4. The van der Waals surface area contributed by atoms with E-state index in [4.69, 9.17) is 10.00 Å². The molecule has 0 heterocycles. The van der Waals surface area contributed by atoms with Crippen LogP contribution in [0.4, 0.5) is 0 Å². The predicted octanol–water partition coefficient (Wildman–Crippen LogP) is 2.72. The van der Waals surface area contributed by atoms with E-state index in [0.717, 1.165) is 19.3 Å². The third kappa shape index (κ3) is 5.59.